The molecule has 2 N–H and O–H groups in total. The van der Waals surface area contributed by atoms with Gasteiger partial charge in [0.15, 0.2) is 5.78 Å². The van der Waals surface area contributed by atoms with Crippen molar-refractivity contribution in [2.45, 2.75) is 6.10 Å². The van der Waals surface area contributed by atoms with Gasteiger partial charge in [-0.25, -0.2) is 9.18 Å². The highest BCUT2D eigenvalue weighted by molar-refractivity contribution is 6.45. The van der Waals surface area contributed by atoms with Crippen molar-refractivity contribution in [3.8, 4) is 5.75 Å². The Morgan fingerprint density at radius 2 is 1.69 bits per heavy atom. The van der Waals surface area contributed by atoms with E-state index in [1.165, 1.54) is 54.6 Å². The number of rotatable bonds is 6. The van der Waals surface area contributed by atoms with Gasteiger partial charge in [-0.2, -0.15) is 0 Å². The van der Waals surface area contributed by atoms with Gasteiger partial charge in [0.2, 0.25) is 5.78 Å². The van der Waals surface area contributed by atoms with Crippen molar-refractivity contribution in [2.24, 2.45) is 5.92 Å². The fourth-order valence-electron chi connectivity index (χ4n) is 3.56. The normalized spacial score (nSPS) is 15.4. The number of cyclic esters (lactones) is 1. The molecule has 32 heavy (non-hydrogen) atoms. The highest BCUT2D eigenvalue weighted by atomic mass is 19.1. The summed E-state index contributed by atoms with van der Waals surface area (Å²) in [4.78, 5) is 51.4. The first-order chi connectivity index (χ1) is 15.4. The van der Waals surface area contributed by atoms with Crippen LogP contribution in [0.5, 0.6) is 5.75 Å². The van der Waals surface area contributed by atoms with Crippen molar-refractivity contribution >= 4 is 29.1 Å². The molecule has 0 unspecified atom stereocenters. The van der Waals surface area contributed by atoms with Crippen LogP contribution in [0.15, 0.2) is 72.8 Å². The molecule has 2 atom stereocenters. The predicted octanol–water partition coefficient (Wildman–Crippen LogP) is 3.45. The Morgan fingerprint density at radius 1 is 0.969 bits per heavy atom. The monoisotopic (exact) mass is 433 g/mol. The van der Waals surface area contributed by atoms with Gasteiger partial charge in [-0.3, -0.25) is 14.4 Å². The highest BCUT2D eigenvalue weighted by Crippen LogP contribution is 2.38. The molecule has 3 aromatic rings. The molecule has 3 aromatic carbocycles. The van der Waals surface area contributed by atoms with E-state index in [1.807, 2.05) is 0 Å². The summed E-state index contributed by atoms with van der Waals surface area (Å²) in [6, 6.07) is 16.7. The average molecular weight is 433 g/mol. The second-order valence-corrected chi connectivity index (χ2v) is 7.10. The lowest BCUT2D eigenvalue weighted by atomic mass is 9.84. The van der Waals surface area contributed by atoms with Gasteiger partial charge in [-0.1, -0.05) is 36.4 Å². The molecule has 0 aliphatic carbocycles. The van der Waals surface area contributed by atoms with Crippen LogP contribution in [0.3, 0.4) is 0 Å². The molecule has 1 amide bonds. The summed E-state index contributed by atoms with van der Waals surface area (Å²) in [5, 5.41) is 11.9. The smallest absolute Gasteiger partial charge is 0.339 e. The number of phenols is 1. The van der Waals surface area contributed by atoms with Crippen molar-refractivity contribution in [3.63, 3.8) is 0 Å². The second-order valence-electron chi connectivity index (χ2n) is 7.10. The zero-order chi connectivity index (χ0) is 22.8. The Labute approximate surface area is 181 Å². The van der Waals surface area contributed by atoms with Crippen LogP contribution >= 0.6 is 0 Å². The molecule has 1 heterocycles. The van der Waals surface area contributed by atoms with Gasteiger partial charge in [0.25, 0.3) is 5.91 Å². The minimum absolute atomic E-state index is 0.115. The number of nitrogens with one attached hydrogen (secondary N) is 1. The predicted molar refractivity (Wildman–Crippen MR) is 111 cm³/mol. The molecule has 8 heteroatoms. The zero-order valence-electron chi connectivity index (χ0n) is 16.4. The zero-order valence-corrected chi connectivity index (χ0v) is 16.4. The van der Waals surface area contributed by atoms with E-state index in [2.05, 4.69) is 5.32 Å². The first kappa shape index (κ1) is 20.9. The van der Waals surface area contributed by atoms with Crippen LogP contribution in [0.25, 0.3) is 0 Å². The number of esters is 1. The van der Waals surface area contributed by atoms with E-state index in [9.17, 15) is 28.7 Å². The number of carbonyl (C=O) groups is 4. The minimum atomic E-state index is -1.81. The summed E-state index contributed by atoms with van der Waals surface area (Å²) in [5.74, 6) is -6.96. The number of amides is 1. The summed E-state index contributed by atoms with van der Waals surface area (Å²) in [6.07, 6.45) is -1.40. The molecule has 7 nitrogen and oxygen atoms in total. The first-order valence-corrected chi connectivity index (χ1v) is 9.59. The summed E-state index contributed by atoms with van der Waals surface area (Å²) in [6.45, 7) is 0. The maximum atomic E-state index is 14.3. The Balaban J connectivity index is 1.73. The van der Waals surface area contributed by atoms with E-state index in [0.717, 1.165) is 6.07 Å². The van der Waals surface area contributed by atoms with Crippen LogP contribution in [-0.2, 0) is 14.3 Å². The molecular weight excluding hydrogens is 417 g/mol. The summed E-state index contributed by atoms with van der Waals surface area (Å²) in [7, 11) is 0. The van der Waals surface area contributed by atoms with Crippen LogP contribution in [0.2, 0.25) is 0 Å². The highest BCUT2D eigenvalue weighted by Gasteiger charge is 2.46. The van der Waals surface area contributed by atoms with Crippen LogP contribution in [0.1, 0.15) is 32.4 Å². The molecule has 0 aromatic heterocycles. The number of carbonyl (C=O) groups excluding carboxylic acids is 4. The molecule has 4 rings (SSSR count). The number of hydrogen-bond acceptors (Lipinski definition) is 6. The van der Waals surface area contributed by atoms with Crippen molar-refractivity contribution in [2.75, 3.05) is 5.32 Å². The van der Waals surface area contributed by atoms with Gasteiger partial charge in [0, 0.05) is 17.3 Å². The fraction of sp³-hybridized carbons (Fsp3) is 0.0833. The van der Waals surface area contributed by atoms with E-state index < -0.39 is 46.8 Å². The van der Waals surface area contributed by atoms with Gasteiger partial charge in [-0.05, 0) is 30.3 Å². The number of hydrogen-bond donors (Lipinski definition) is 2. The first-order valence-electron chi connectivity index (χ1n) is 9.59. The Hall–Kier alpha value is -4.33. The Kier molecular flexibility index (Phi) is 5.51. The van der Waals surface area contributed by atoms with E-state index >= 15 is 0 Å². The standard InChI is InChI=1S/C24H16FNO6/c25-18-11-4-3-10-17(18)20(28)19(22-15-8-1-2-9-16(15)24(31)32-22)21(29)23(30)26-13-6-5-7-14(27)12-13/h1-12,19,22,27H,(H,26,30)/t19-,22-/m0/s1. The van der Waals surface area contributed by atoms with Crippen LogP contribution in [-0.4, -0.2) is 28.5 Å². The third kappa shape index (κ3) is 3.85. The second kappa shape index (κ2) is 8.43. The topological polar surface area (TPSA) is 110 Å². The number of ketones is 2. The number of halogens is 1. The fourth-order valence-corrected chi connectivity index (χ4v) is 3.56. The maximum Gasteiger partial charge on any atom is 0.339 e. The van der Waals surface area contributed by atoms with Gasteiger partial charge >= 0.3 is 5.97 Å². The molecule has 0 bridgehead atoms. The number of fused-ring (bicyclic) bond motifs is 1. The largest absolute Gasteiger partial charge is 0.508 e. The quantitative estimate of drug-likeness (QED) is 0.267. The van der Waals surface area contributed by atoms with Crippen molar-refractivity contribution in [1.82, 2.24) is 0 Å². The number of anilines is 1. The van der Waals surface area contributed by atoms with E-state index in [1.54, 1.807) is 12.1 Å². The van der Waals surface area contributed by atoms with Crippen LogP contribution in [0.4, 0.5) is 10.1 Å². The van der Waals surface area contributed by atoms with Crippen molar-refractivity contribution in [3.05, 3.63) is 95.3 Å². The lowest BCUT2D eigenvalue weighted by Gasteiger charge is -2.21. The third-order valence-electron chi connectivity index (χ3n) is 5.06. The molecule has 1 aliphatic rings. The lowest BCUT2D eigenvalue weighted by molar-refractivity contribution is -0.138. The SMILES string of the molecule is O=C(Nc1cccc(O)c1)C(=O)[C@H](C(=O)c1ccccc1F)[C@H]1OC(=O)c2ccccc21. The molecule has 0 fully saturated rings. The van der Waals surface area contributed by atoms with E-state index in [4.69, 9.17) is 4.74 Å². The van der Waals surface area contributed by atoms with E-state index in [-0.39, 0.29) is 22.6 Å². The van der Waals surface area contributed by atoms with Gasteiger partial charge in [0.05, 0.1) is 11.1 Å². The molecule has 0 saturated carbocycles. The molecule has 0 saturated heterocycles. The number of ether oxygens (including phenoxy) is 1. The molecular formula is C24H16FNO6. The number of aromatic hydroxyl groups is 1. The van der Waals surface area contributed by atoms with Crippen molar-refractivity contribution in [1.29, 1.82) is 0 Å². The van der Waals surface area contributed by atoms with Gasteiger partial charge in [-0.15, -0.1) is 0 Å². The number of phenolic OH excluding ortho intramolecular Hbond substituents is 1. The Morgan fingerprint density at radius 3 is 2.44 bits per heavy atom. The molecule has 0 radical (unpaired) electrons. The number of benzene rings is 3. The Bertz CT molecular complexity index is 1250. The summed E-state index contributed by atoms with van der Waals surface area (Å²) < 4.78 is 19.6. The van der Waals surface area contributed by atoms with Crippen molar-refractivity contribution < 1.29 is 33.4 Å². The summed E-state index contributed by atoms with van der Waals surface area (Å²) in [5.41, 5.74) is 0.122. The summed E-state index contributed by atoms with van der Waals surface area (Å²) >= 11 is 0. The molecule has 160 valence electrons. The third-order valence-corrected chi connectivity index (χ3v) is 5.06. The van der Waals surface area contributed by atoms with Gasteiger partial charge in [0.1, 0.15) is 23.6 Å². The molecule has 1 aliphatic heterocycles. The maximum absolute atomic E-state index is 14.3. The van der Waals surface area contributed by atoms with Crippen LogP contribution < -0.4 is 5.32 Å². The molecule has 0 spiro atoms. The van der Waals surface area contributed by atoms with Crippen LogP contribution in [0, 0.1) is 11.7 Å². The van der Waals surface area contributed by atoms with Gasteiger partial charge < -0.3 is 15.2 Å². The van der Waals surface area contributed by atoms with E-state index in [0.29, 0.717) is 0 Å². The number of Topliss-reactive ketones (excluding diaryl/α,β-unsaturated/α-hetero) is 2. The minimum Gasteiger partial charge on any atom is -0.508 e. The lowest BCUT2D eigenvalue weighted by Crippen LogP contribution is -2.38. The average Bonchev–Trinajstić information content (AvgIpc) is 3.10.